The van der Waals surface area contributed by atoms with Crippen LogP contribution in [0.4, 0.5) is 4.39 Å². The molecule has 3 nitrogen and oxygen atoms in total. The van der Waals surface area contributed by atoms with Gasteiger partial charge in [0, 0.05) is 23.9 Å². The summed E-state index contributed by atoms with van der Waals surface area (Å²) in [4.78, 5) is 3.70. The number of hydrogen-bond donors (Lipinski definition) is 1. The van der Waals surface area contributed by atoms with E-state index in [1.54, 1.807) is 24.3 Å². The van der Waals surface area contributed by atoms with Crippen LogP contribution >= 0.6 is 11.8 Å². The zero-order valence-electron chi connectivity index (χ0n) is 14.0. The Labute approximate surface area is 151 Å². The first-order chi connectivity index (χ1) is 12.2. The Morgan fingerprint density at radius 3 is 2.28 bits per heavy atom. The van der Waals surface area contributed by atoms with Crippen LogP contribution in [0.25, 0.3) is 0 Å². The minimum Gasteiger partial charge on any atom is -0.508 e. The molecule has 0 amide bonds. The van der Waals surface area contributed by atoms with E-state index in [-0.39, 0.29) is 11.9 Å². The topological polar surface area (TPSA) is 32.7 Å². The van der Waals surface area contributed by atoms with Crippen LogP contribution < -0.4 is 4.74 Å². The fraction of sp³-hybridized carbons (Fsp3) is 0.400. The van der Waals surface area contributed by atoms with Crippen molar-refractivity contribution in [3.05, 3.63) is 54.3 Å². The number of rotatable bonds is 5. The van der Waals surface area contributed by atoms with E-state index < -0.39 is 0 Å². The summed E-state index contributed by atoms with van der Waals surface area (Å²) in [5, 5.41) is 9.34. The highest BCUT2D eigenvalue weighted by atomic mass is 32.2. The molecule has 25 heavy (non-hydrogen) atoms. The number of phenolic OH excluding ortho intramolecular Hbond substituents is 1. The van der Waals surface area contributed by atoms with Crippen molar-refractivity contribution in [1.82, 2.24) is 4.90 Å². The molecule has 1 saturated heterocycles. The standard InChI is InChI=1S/C20H22FNO2S/c21-16-1-5-18(6-2-16)24-19-9-14-11-22(12-15(14)10-19)13-25-20-7-3-17(23)4-8-20/h1-8,14-15,19,23H,9-13H2/t14-,15+,19?. The van der Waals surface area contributed by atoms with Gasteiger partial charge in [0.25, 0.3) is 0 Å². The number of hydrogen-bond acceptors (Lipinski definition) is 4. The third kappa shape index (κ3) is 4.10. The molecule has 0 bridgehead atoms. The predicted molar refractivity (Wildman–Crippen MR) is 97.4 cm³/mol. The molecule has 1 N–H and O–H groups in total. The van der Waals surface area contributed by atoms with Gasteiger partial charge in [-0.2, -0.15) is 0 Å². The zero-order chi connectivity index (χ0) is 17.2. The molecule has 4 rings (SSSR count). The Morgan fingerprint density at radius 1 is 1.00 bits per heavy atom. The molecule has 1 aliphatic heterocycles. The van der Waals surface area contributed by atoms with Gasteiger partial charge in [-0.3, -0.25) is 4.90 Å². The van der Waals surface area contributed by atoms with Gasteiger partial charge < -0.3 is 9.84 Å². The number of phenols is 1. The molecule has 2 aromatic carbocycles. The Bertz CT molecular complexity index is 693. The molecule has 0 aromatic heterocycles. The molecule has 5 heteroatoms. The second-order valence-corrected chi connectivity index (χ2v) is 8.01. The Kier molecular flexibility index (Phi) is 4.86. The minimum atomic E-state index is -0.225. The number of fused-ring (bicyclic) bond motifs is 1. The van der Waals surface area contributed by atoms with Crippen molar-refractivity contribution in [3.8, 4) is 11.5 Å². The lowest BCUT2D eigenvalue weighted by molar-refractivity contribution is 0.189. The van der Waals surface area contributed by atoms with Gasteiger partial charge >= 0.3 is 0 Å². The average molecular weight is 359 g/mol. The molecule has 1 heterocycles. The number of halogens is 1. The van der Waals surface area contributed by atoms with Crippen LogP contribution in [0.2, 0.25) is 0 Å². The highest BCUT2D eigenvalue weighted by Gasteiger charge is 2.41. The van der Waals surface area contributed by atoms with Crippen molar-refractivity contribution in [2.24, 2.45) is 11.8 Å². The van der Waals surface area contributed by atoms with E-state index in [1.807, 2.05) is 23.9 Å². The first-order valence-corrected chi connectivity index (χ1v) is 9.71. The second-order valence-electron chi connectivity index (χ2n) is 6.99. The molecule has 2 aliphatic rings. The van der Waals surface area contributed by atoms with Gasteiger partial charge in [0.2, 0.25) is 0 Å². The summed E-state index contributed by atoms with van der Waals surface area (Å²) in [6.07, 6.45) is 2.43. The summed E-state index contributed by atoms with van der Waals surface area (Å²) < 4.78 is 19.0. The van der Waals surface area contributed by atoms with Crippen LogP contribution in [0.5, 0.6) is 11.5 Å². The molecule has 1 saturated carbocycles. The SMILES string of the molecule is Oc1ccc(SCN2C[C@H]3CC(Oc4ccc(F)cc4)C[C@H]3C2)cc1. The van der Waals surface area contributed by atoms with E-state index in [0.29, 0.717) is 17.6 Å². The van der Waals surface area contributed by atoms with Crippen LogP contribution in [0.1, 0.15) is 12.8 Å². The summed E-state index contributed by atoms with van der Waals surface area (Å²) in [5.41, 5.74) is 0. The van der Waals surface area contributed by atoms with Crippen LogP contribution in [-0.4, -0.2) is 35.1 Å². The fourth-order valence-corrected chi connectivity index (χ4v) is 4.83. The molecule has 1 aliphatic carbocycles. The minimum absolute atomic E-state index is 0.225. The van der Waals surface area contributed by atoms with Crippen LogP contribution in [0.3, 0.4) is 0 Å². The zero-order valence-corrected chi connectivity index (χ0v) is 14.8. The maximum atomic E-state index is 13.0. The maximum absolute atomic E-state index is 13.0. The molecular formula is C20H22FNO2S. The molecule has 132 valence electrons. The van der Waals surface area contributed by atoms with E-state index in [1.165, 1.54) is 17.0 Å². The number of aromatic hydroxyl groups is 1. The van der Waals surface area contributed by atoms with Crippen molar-refractivity contribution in [2.75, 3.05) is 19.0 Å². The Balaban J connectivity index is 1.24. The summed E-state index contributed by atoms with van der Waals surface area (Å²) in [6.45, 7) is 2.25. The second kappa shape index (κ2) is 7.26. The van der Waals surface area contributed by atoms with E-state index in [4.69, 9.17) is 4.74 Å². The number of benzene rings is 2. The number of thioether (sulfide) groups is 1. The first-order valence-electron chi connectivity index (χ1n) is 8.72. The molecule has 0 radical (unpaired) electrons. The summed E-state index contributed by atoms with van der Waals surface area (Å²) in [5.74, 6) is 3.24. The summed E-state index contributed by atoms with van der Waals surface area (Å²) in [7, 11) is 0. The van der Waals surface area contributed by atoms with E-state index in [2.05, 4.69) is 4.90 Å². The van der Waals surface area contributed by atoms with Gasteiger partial charge in [0.15, 0.2) is 0 Å². The van der Waals surface area contributed by atoms with E-state index in [0.717, 1.165) is 37.6 Å². The lowest BCUT2D eigenvalue weighted by Gasteiger charge is -2.19. The van der Waals surface area contributed by atoms with Crippen molar-refractivity contribution < 1.29 is 14.2 Å². The van der Waals surface area contributed by atoms with Gasteiger partial charge in [-0.05, 0) is 73.2 Å². The third-order valence-electron chi connectivity index (χ3n) is 5.15. The van der Waals surface area contributed by atoms with Gasteiger partial charge in [-0.15, -0.1) is 11.8 Å². The van der Waals surface area contributed by atoms with Crippen molar-refractivity contribution in [2.45, 2.75) is 23.8 Å². The molecule has 1 unspecified atom stereocenters. The lowest BCUT2D eigenvalue weighted by Crippen LogP contribution is -2.24. The van der Waals surface area contributed by atoms with Crippen LogP contribution in [0.15, 0.2) is 53.4 Å². The molecular weight excluding hydrogens is 337 g/mol. The van der Waals surface area contributed by atoms with Crippen molar-refractivity contribution in [3.63, 3.8) is 0 Å². The van der Waals surface area contributed by atoms with E-state index in [9.17, 15) is 9.50 Å². The average Bonchev–Trinajstić information content (AvgIpc) is 3.14. The number of likely N-dealkylation sites (tertiary alicyclic amines) is 1. The van der Waals surface area contributed by atoms with E-state index >= 15 is 0 Å². The molecule has 3 atom stereocenters. The van der Waals surface area contributed by atoms with Crippen LogP contribution in [0, 0.1) is 17.7 Å². The molecule has 0 spiro atoms. The molecule has 2 aromatic rings. The summed E-state index contributed by atoms with van der Waals surface area (Å²) in [6, 6.07) is 13.7. The Morgan fingerprint density at radius 2 is 1.64 bits per heavy atom. The van der Waals surface area contributed by atoms with Gasteiger partial charge in [0.05, 0.1) is 6.10 Å². The maximum Gasteiger partial charge on any atom is 0.123 e. The summed E-state index contributed by atoms with van der Waals surface area (Å²) >= 11 is 1.82. The monoisotopic (exact) mass is 359 g/mol. The van der Waals surface area contributed by atoms with Crippen molar-refractivity contribution >= 4 is 11.8 Å². The highest BCUT2D eigenvalue weighted by molar-refractivity contribution is 7.99. The number of ether oxygens (including phenoxy) is 1. The smallest absolute Gasteiger partial charge is 0.123 e. The predicted octanol–water partition coefficient (Wildman–Crippen LogP) is 4.37. The van der Waals surface area contributed by atoms with Crippen LogP contribution in [-0.2, 0) is 0 Å². The van der Waals surface area contributed by atoms with Gasteiger partial charge in [-0.25, -0.2) is 4.39 Å². The first kappa shape index (κ1) is 16.7. The van der Waals surface area contributed by atoms with Gasteiger partial charge in [0.1, 0.15) is 17.3 Å². The fourth-order valence-electron chi connectivity index (χ4n) is 3.96. The quantitative estimate of drug-likeness (QED) is 0.804. The third-order valence-corrected chi connectivity index (χ3v) is 6.25. The largest absolute Gasteiger partial charge is 0.508 e. The van der Waals surface area contributed by atoms with Gasteiger partial charge in [-0.1, -0.05) is 0 Å². The number of nitrogens with zero attached hydrogens (tertiary/aromatic N) is 1. The molecule has 2 fully saturated rings. The lowest BCUT2D eigenvalue weighted by atomic mass is 10.0. The van der Waals surface area contributed by atoms with Crippen molar-refractivity contribution in [1.29, 1.82) is 0 Å². The highest BCUT2D eigenvalue weighted by Crippen LogP contribution is 2.40. The normalized spacial score (nSPS) is 25.9. The Hall–Kier alpha value is -1.72.